The van der Waals surface area contributed by atoms with Gasteiger partial charge in [0.15, 0.2) is 0 Å². The van der Waals surface area contributed by atoms with Gasteiger partial charge in [-0.15, -0.1) is 0 Å². The summed E-state index contributed by atoms with van der Waals surface area (Å²) >= 11 is 0. The van der Waals surface area contributed by atoms with Crippen LogP contribution in [0.4, 0.5) is 11.4 Å². The minimum Gasteiger partial charge on any atom is -0.428 e. The first-order valence-electron chi connectivity index (χ1n) is 4.71. The Hall–Kier alpha value is -1.58. The zero-order valence-corrected chi connectivity index (χ0v) is 9.14. The van der Waals surface area contributed by atoms with E-state index in [-0.39, 0.29) is 9.76 Å². The smallest absolute Gasteiger partial charge is 0.265 e. The molecule has 15 heavy (non-hydrogen) atoms. The Morgan fingerprint density at radius 2 is 1.40 bits per heavy atom. The van der Waals surface area contributed by atoms with E-state index < -0.39 is 0 Å². The second-order valence-electron chi connectivity index (χ2n) is 3.18. The second kappa shape index (κ2) is 4.77. The van der Waals surface area contributed by atoms with E-state index in [9.17, 15) is 0 Å². The molecule has 2 N–H and O–H groups in total. The summed E-state index contributed by atoms with van der Waals surface area (Å²) in [6.45, 7) is 0. The van der Waals surface area contributed by atoms with E-state index in [0.717, 1.165) is 16.6 Å². The highest BCUT2D eigenvalue weighted by Gasteiger charge is 1.95. The molecule has 2 aromatic carbocycles. The van der Waals surface area contributed by atoms with Crippen molar-refractivity contribution in [3.05, 3.63) is 54.6 Å². The Labute approximate surface area is 91.5 Å². The lowest BCUT2D eigenvalue weighted by Crippen LogP contribution is -2.12. The molecule has 2 aromatic rings. The summed E-state index contributed by atoms with van der Waals surface area (Å²) in [7, 11) is -0.133. The van der Waals surface area contributed by atoms with E-state index in [1.807, 2.05) is 54.6 Å². The maximum Gasteiger partial charge on any atom is 0.265 e. The summed E-state index contributed by atoms with van der Waals surface area (Å²) in [6, 6.07) is 17.8. The fourth-order valence-electron chi connectivity index (χ4n) is 1.32. The van der Waals surface area contributed by atoms with Crippen molar-refractivity contribution in [3.8, 4) is 0 Å². The fraction of sp³-hybridized carbons (Fsp3) is 0. The van der Waals surface area contributed by atoms with E-state index in [4.69, 9.17) is 4.80 Å². The first-order chi connectivity index (χ1) is 7.38. The number of rotatable bonds is 3. The van der Waals surface area contributed by atoms with Crippen LogP contribution >= 0.6 is 0 Å². The third-order valence-electron chi connectivity index (χ3n) is 2.08. The number of benzene rings is 2. The molecular weight excluding hydrogens is 202 g/mol. The molecule has 0 aromatic heterocycles. The largest absolute Gasteiger partial charge is 0.428 e. The first-order valence-corrected chi connectivity index (χ1v) is 5.65. The molecule has 0 amide bonds. The molecule has 0 aliphatic heterocycles. The number of hydrogen-bond donors (Lipinski definition) is 2. The highest BCUT2D eigenvalue weighted by molar-refractivity contribution is 6.45. The number of anilines is 2. The third-order valence-corrected chi connectivity index (χ3v) is 2.67. The molecule has 3 heteroatoms. The van der Waals surface area contributed by atoms with Gasteiger partial charge < -0.3 is 10.1 Å². The average Bonchev–Trinajstić information content (AvgIpc) is 2.31. The highest BCUT2D eigenvalue weighted by atomic mass is 28.2. The van der Waals surface area contributed by atoms with Gasteiger partial charge in [-0.3, -0.25) is 0 Å². The van der Waals surface area contributed by atoms with Crippen molar-refractivity contribution in [2.45, 2.75) is 0 Å². The van der Waals surface area contributed by atoms with Crippen LogP contribution in [-0.4, -0.2) is 14.6 Å². The van der Waals surface area contributed by atoms with Gasteiger partial charge in [0, 0.05) is 11.4 Å². The van der Waals surface area contributed by atoms with Gasteiger partial charge >= 0.3 is 0 Å². The van der Waals surface area contributed by atoms with Gasteiger partial charge in [-0.1, -0.05) is 30.3 Å². The molecule has 2 rings (SSSR count). The van der Waals surface area contributed by atoms with Crippen molar-refractivity contribution in [3.63, 3.8) is 0 Å². The van der Waals surface area contributed by atoms with E-state index in [1.54, 1.807) is 0 Å². The highest BCUT2D eigenvalue weighted by Crippen LogP contribution is 2.14. The molecule has 0 saturated carbocycles. The van der Waals surface area contributed by atoms with Crippen molar-refractivity contribution < 1.29 is 4.80 Å². The van der Waals surface area contributed by atoms with Crippen LogP contribution in [0.25, 0.3) is 0 Å². The van der Waals surface area contributed by atoms with Crippen molar-refractivity contribution in [2.24, 2.45) is 0 Å². The van der Waals surface area contributed by atoms with Crippen LogP contribution in [0.3, 0.4) is 0 Å². The van der Waals surface area contributed by atoms with Gasteiger partial charge in [0.25, 0.3) is 9.76 Å². The standard InChI is InChI=1S/C12H11NOSi/c14-15-12-8-6-11(7-9-12)13-10-4-2-1-3-5-10/h1-9,13-14H. The molecule has 0 spiro atoms. The normalized spacial score (nSPS) is 9.93. The topological polar surface area (TPSA) is 32.3 Å². The van der Waals surface area contributed by atoms with Crippen LogP contribution in [0.15, 0.2) is 54.6 Å². The van der Waals surface area contributed by atoms with Gasteiger partial charge in [-0.05, 0) is 29.5 Å². The minimum atomic E-state index is -0.133. The van der Waals surface area contributed by atoms with Crippen molar-refractivity contribution in [1.82, 2.24) is 0 Å². The quantitative estimate of drug-likeness (QED) is 0.760. The van der Waals surface area contributed by atoms with Crippen LogP contribution in [0.1, 0.15) is 0 Å². The molecule has 0 saturated heterocycles. The molecule has 0 fully saturated rings. The lowest BCUT2D eigenvalue weighted by Gasteiger charge is -2.06. The molecule has 2 radical (unpaired) electrons. The summed E-state index contributed by atoms with van der Waals surface area (Å²) < 4.78 is 0. The lowest BCUT2D eigenvalue weighted by atomic mass is 10.3. The maximum absolute atomic E-state index is 8.93. The lowest BCUT2D eigenvalue weighted by molar-refractivity contribution is 0.615. The van der Waals surface area contributed by atoms with Crippen molar-refractivity contribution >= 4 is 26.3 Å². The SMILES string of the molecule is O[Si]c1ccc(Nc2ccccc2)cc1. The Morgan fingerprint density at radius 3 is 2.00 bits per heavy atom. The molecule has 74 valence electrons. The zero-order chi connectivity index (χ0) is 10.5. The summed E-state index contributed by atoms with van der Waals surface area (Å²) in [4.78, 5) is 8.93. The van der Waals surface area contributed by atoms with Gasteiger partial charge in [-0.25, -0.2) is 0 Å². The molecule has 0 bridgehead atoms. The predicted molar refractivity (Wildman–Crippen MR) is 63.8 cm³/mol. The zero-order valence-electron chi connectivity index (χ0n) is 8.14. The Balaban J connectivity index is 2.11. The molecule has 0 atom stereocenters. The molecule has 2 nitrogen and oxygen atoms in total. The van der Waals surface area contributed by atoms with Gasteiger partial charge in [-0.2, -0.15) is 0 Å². The molecular formula is C12H11NOSi. The van der Waals surface area contributed by atoms with E-state index in [0.29, 0.717) is 0 Å². The van der Waals surface area contributed by atoms with Crippen molar-refractivity contribution in [2.75, 3.05) is 5.32 Å². The Morgan fingerprint density at radius 1 is 0.800 bits per heavy atom. The minimum absolute atomic E-state index is 0.133. The molecule has 0 heterocycles. The van der Waals surface area contributed by atoms with Crippen LogP contribution < -0.4 is 10.5 Å². The van der Waals surface area contributed by atoms with E-state index in [2.05, 4.69) is 5.32 Å². The van der Waals surface area contributed by atoms with Gasteiger partial charge in [0.05, 0.1) is 0 Å². The maximum atomic E-state index is 8.93. The number of para-hydroxylation sites is 1. The van der Waals surface area contributed by atoms with Crippen molar-refractivity contribution in [1.29, 1.82) is 0 Å². The summed E-state index contributed by atoms with van der Waals surface area (Å²) in [6.07, 6.45) is 0. The molecule has 0 unspecified atom stereocenters. The fourth-order valence-corrected chi connectivity index (χ4v) is 1.63. The van der Waals surface area contributed by atoms with E-state index in [1.165, 1.54) is 0 Å². The average molecular weight is 213 g/mol. The van der Waals surface area contributed by atoms with Gasteiger partial charge in [0.2, 0.25) is 0 Å². The summed E-state index contributed by atoms with van der Waals surface area (Å²) in [5.74, 6) is 0. The second-order valence-corrected chi connectivity index (χ2v) is 3.98. The monoisotopic (exact) mass is 213 g/mol. The Kier molecular flexibility index (Phi) is 3.17. The molecule has 0 aliphatic rings. The van der Waals surface area contributed by atoms with Gasteiger partial charge in [0.1, 0.15) is 0 Å². The van der Waals surface area contributed by atoms with Crippen LogP contribution in [0, 0.1) is 0 Å². The van der Waals surface area contributed by atoms with Crippen LogP contribution in [-0.2, 0) is 0 Å². The molecule has 0 aliphatic carbocycles. The van der Waals surface area contributed by atoms with Crippen LogP contribution in [0.2, 0.25) is 0 Å². The van der Waals surface area contributed by atoms with Crippen LogP contribution in [0.5, 0.6) is 0 Å². The summed E-state index contributed by atoms with van der Waals surface area (Å²) in [5, 5.41) is 4.23. The number of hydrogen-bond acceptors (Lipinski definition) is 2. The Bertz CT molecular complexity index is 413. The number of nitrogens with one attached hydrogen (secondary N) is 1. The predicted octanol–water partition coefficient (Wildman–Crippen LogP) is 1.67. The first kappa shape index (κ1) is 9.95. The third kappa shape index (κ3) is 2.68. The van der Waals surface area contributed by atoms with E-state index >= 15 is 0 Å². The summed E-state index contributed by atoms with van der Waals surface area (Å²) in [5.41, 5.74) is 2.10.